The first-order chi connectivity index (χ1) is 10.3. The summed E-state index contributed by atoms with van der Waals surface area (Å²) < 4.78 is 4.69. The van der Waals surface area contributed by atoms with E-state index in [1.807, 2.05) is 72.8 Å². The molecule has 0 heterocycles. The Morgan fingerprint density at radius 1 is 1.10 bits per heavy atom. The molecule has 2 aromatic carbocycles. The maximum Gasteiger partial charge on any atom is 0.407 e. The van der Waals surface area contributed by atoms with Crippen LogP contribution >= 0.6 is 0 Å². The number of benzene rings is 2. The average molecular weight is 281 g/mol. The standard InChI is InChI=1S/C18H19NO2/c1-21-18(20)19-17(14-16-10-6-3-7-11-16)13-12-15-8-4-2-5-9-15/h2-13,17H,14H2,1H3,(H,19,20)/b13-12+. The zero-order valence-corrected chi connectivity index (χ0v) is 12.0. The molecule has 2 aromatic rings. The van der Waals surface area contributed by atoms with Crippen LogP contribution in [-0.2, 0) is 11.2 Å². The number of carbonyl (C=O) groups is 1. The summed E-state index contributed by atoms with van der Waals surface area (Å²) in [6, 6.07) is 19.9. The molecular weight excluding hydrogens is 262 g/mol. The Balaban J connectivity index is 2.08. The van der Waals surface area contributed by atoms with Crippen LogP contribution in [0.2, 0.25) is 0 Å². The van der Waals surface area contributed by atoms with Gasteiger partial charge in [0, 0.05) is 0 Å². The zero-order valence-electron chi connectivity index (χ0n) is 12.0. The largest absolute Gasteiger partial charge is 0.453 e. The zero-order chi connectivity index (χ0) is 14.9. The SMILES string of the molecule is COC(=O)NC(/C=C/c1ccccc1)Cc1ccccc1. The van der Waals surface area contributed by atoms with Crippen molar-refractivity contribution in [1.82, 2.24) is 5.32 Å². The molecule has 1 atom stereocenters. The Bertz CT molecular complexity index is 579. The fourth-order valence-electron chi connectivity index (χ4n) is 2.04. The molecule has 1 N–H and O–H groups in total. The minimum atomic E-state index is -0.423. The molecule has 0 aromatic heterocycles. The highest BCUT2D eigenvalue weighted by Gasteiger charge is 2.09. The molecule has 1 unspecified atom stereocenters. The van der Waals surface area contributed by atoms with E-state index < -0.39 is 6.09 Å². The molecule has 0 aliphatic rings. The van der Waals surface area contributed by atoms with Crippen molar-refractivity contribution in [3.8, 4) is 0 Å². The molecule has 3 nitrogen and oxygen atoms in total. The Kier molecular flexibility index (Phi) is 5.59. The van der Waals surface area contributed by atoms with Gasteiger partial charge in [0.05, 0.1) is 13.2 Å². The van der Waals surface area contributed by atoms with Gasteiger partial charge < -0.3 is 10.1 Å². The van der Waals surface area contributed by atoms with Gasteiger partial charge in [0.2, 0.25) is 0 Å². The molecule has 108 valence electrons. The number of amides is 1. The molecular formula is C18H19NO2. The summed E-state index contributed by atoms with van der Waals surface area (Å²) in [6.07, 6.45) is 4.29. The lowest BCUT2D eigenvalue weighted by Gasteiger charge is -2.14. The first-order valence-corrected chi connectivity index (χ1v) is 6.89. The van der Waals surface area contributed by atoms with Gasteiger partial charge in [0.25, 0.3) is 0 Å². The highest BCUT2D eigenvalue weighted by atomic mass is 16.5. The van der Waals surface area contributed by atoms with Crippen LogP contribution in [-0.4, -0.2) is 19.2 Å². The van der Waals surface area contributed by atoms with Crippen LogP contribution in [0.1, 0.15) is 11.1 Å². The summed E-state index contributed by atoms with van der Waals surface area (Å²) in [4.78, 5) is 11.5. The van der Waals surface area contributed by atoms with Crippen molar-refractivity contribution >= 4 is 12.2 Å². The molecule has 21 heavy (non-hydrogen) atoms. The summed E-state index contributed by atoms with van der Waals surface area (Å²) in [6.45, 7) is 0. The smallest absolute Gasteiger partial charge is 0.407 e. The van der Waals surface area contributed by atoms with Crippen LogP contribution in [0.4, 0.5) is 4.79 Å². The number of hydrogen-bond donors (Lipinski definition) is 1. The van der Waals surface area contributed by atoms with Crippen molar-refractivity contribution in [2.24, 2.45) is 0 Å². The van der Waals surface area contributed by atoms with Crippen LogP contribution in [0.3, 0.4) is 0 Å². The topological polar surface area (TPSA) is 38.3 Å². The van der Waals surface area contributed by atoms with Crippen LogP contribution in [0.5, 0.6) is 0 Å². The van der Waals surface area contributed by atoms with E-state index in [9.17, 15) is 4.79 Å². The number of hydrogen-bond acceptors (Lipinski definition) is 2. The van der Waals surface area contributed by atoms with Gasteiger partial charge >= 0.3 is 6.09 Å². The van der Waals surface area contributed by atoms with Gasteiger partial charge in [-0.1, -0.05) is 72.8 Å². The monoisotopic (exact) mass is 281 g/mol. The number of carbonyl (C=O) groups excluding carboxylic acids is 1. The summed E-state index contributed by atoms with van der Waals surface area (Å²) in [5.41, 5.74) is 2.26. The number of nitrogens with one attached hydrogen (secondary N) is 1. The highest BCUT2D eigenvalue weighted by Crippen LogP contribution is 2.07. The fraction of sp³-hybridized carbons (Fsp3) is 0.167. The Hall–Kier alpha value is -2.55. The van der Waals surface area contributed by atoms with Crippen LogP contribution in [0.25, 0.3) is 6.08 Å². The number of ether oxygens (including phenoxy) is 1. The molecule has 2 rings (SSSR count). The van der Waals surface area contributed by atoms with E-state index in [2.05, 4.69) is 10.1 Å². The molecule has 0 saturated heterocycles. The molecule has 3 heteroatoms. The lowest BCUT2D eigenvalue weighted by Crippen LogP contribution is -2.34. The second-order valence-electron chi connectivity index (χ2n) is 4.70. The van der Waals surface area contributed by atoms with Crippen molar-refractivity contribution in [1.29, 1.82) is 0 Å². The van der Waals surface area contributed by atoms with Crippen molar-refractivity contribution in [3.05, 3.63) is 77.9 Å². The lowest BCUT2D eigenvalue weighted by molar-refractivity contribution is 0.168. The summed E-state index contributed by atoms with van der Waals surface area (Å²) >= 11 is 0. The van der Waals surface area contributed by atoms with Gasteiger partial charge in [0.15, 0.2) is 0 Å². The third-order valence-electron chi connectivity index (χ3n) is 3.11. The minimum Gasteiger partial charge on any atom is -0.453 e. The van der Waals surface area contributed by atoms with Gasteiger partial charge in [-0.25, -0.2) is 4.79 Å². The van der Waals surface area contributed by atoms with E-state index in [0.29, 0.717) is 0 Å². The third-order valence-corrected chi connectivity index (χ3v) is 3.11. The van der Waals surface area contributed by atoms with Crippen molar-refractivity contribution in [3.63, 3.8) is 0 Å². The number of rotatable bonds is 5. The molecule has 0 radical (unpaired) electrons. The molecule has 0 fully saturated rings. The third kappa shape index (κ3) is 5.15. The Morgan fingerprint density at radius 2 is 1.71 bits per heavy atom. The summed E-state index contributed by atoms with van der Waals surface area (Å²) in [5, 5.41) is 2.84. The molecule has 0 bridgehead atoms. The van der Waals surface area contributed by atoms with Crippen LogP contribution in [0.15, 0.2) is 66.7 Å². The first kappa shape index (κ1) is 14.9. The van der Waals surface area contributed by atoms with E-state index in [-0.39, 0.29) is 6.04 Å². The fourth-order valence-corrected chi connectivity index (χ4v) is 2.04. The lowest BCUT2D eigenvalue weighted by atomic mass is 10.0. The van der Waals surface area contributed by atoms with Gasteiger partial charge in [-0.15, -0.1) is 0 Å². The molecule has 0 saturated carbocycles. The van der Waals surface area contributed by atoms with Crippen LogP contribution in [0, 0.1) is 0 Å². The maximum atomic E-state index is 11.5. The van der Waals surface area contributed by atoms with Crippen LogP contribution < -0.4 is 5.32 Å². The minimum absolute atomic E-state index is 0.111. The van der Waals surface area contributed by atoms with Crippen molar-refractivity contribution < 1.29 is 9.53 Å². The number of alkyl carbamates (subject to hydrolysis) is 1. The Labute approximate surface area is 125 Å². The molecule has 0 aliphatic heterocycles. The van der Waals surface area contributed by atoms with Crippen molar-refractivity contribution in [2.75, 3.05) is 7.11 Å². The van der Waals surface area contributed by atoms with Gasteiger partial charge in [-0.2, -0.15) is 0 Å². The van der Waals surface area contributed by atoms with Gasteiger partial charge in [-0.05, 0) is 17.5 Å². The second-order valence-corrected chi connectivity index (χ2v) is 4.70. The van der Waals surface area contributed by atoms with Gasteiger partial charge in [0.1, 0.15) is 0 Å². The Morgan fingerprint density at radius 3 is 2.33 bits per heavy atom. The predicted octanol–water partition coefficient (Wildman–Crippen LogP) is 3.67. The van der Waals surface area contributed by atoms with E-state index in [4.69, 9.17) is 0 Å². The van der Waals surface area contributed by atoms with Gasteiger partial charge in [-0.3, -0.25) is 0 Å². The summed E-state index contributed by atoms with van der Waals surface area (Å²) in [7, 11) is 1.37. The highest BCUT2D eigenvalue weighted by molar-refractivity contribution is 5.68. The number of methoxy groups -OCH3 is 1. The quantitative estimate of drug-likeness (QED) is 0.908. The van der Waals surface area contributed by atoms with E-state index in [0.717, 1.165) is 17.5 Å². The van der Waals surface area contributed by atoms with E-state index in [1.54, 1.807) is 0 Å². The predicted molar refractivity (Wildman–Crippen MR) is 85.0 cm³/mol. The molecule has 1 amide bonds. The van der Waals surface area contributed by atoms with Crippen molar-refractivity contribution in [2.45, 2.75) is 12.5 Å². The first-order valence-electron chi connectivity index (χ1n) is 6.89. The second kappa shape index (κ2) is 7.90. The average Bonchev–Trinajstić information content (AvgIpc) is 2.54. The molecule has 0 spiro atoms. The normalized spacial score (nSPS) is 12.0. The molecule has 0 aliphatic carbocycles. The van der Waals surface area contributed by atoms with E-state index >= 15 is 0 Å². The van der Waals surface area contributed by atoms with E-state index in [1.165, 1.54) is 7.11 Å². The maximum absolute atomic E-state index is 11.5. The summed E-state index contributed by atoms with van der Waals surface area (Å²) in [5.74, 6) is 0.